The van der Waals surface area contributed by atoms with Gasteiger partial charge in [-0.25, -0.2) is 4.39 Å². The Kier molecular flexibility index (Phi) is 8.94. The van der Waals surface area contributed by atoms with Crippen LogP contribution in [0.15, 0.2) is 24.0 Å². The van der Waals surface area contributed by atoms with Crippen LogP contribution < -0.4 is 0 Å². The van der Waals surface area contributed by atoms with Gasteiger partial charge in [0.2, 0.25) is 0 Å². The van der Waals surface area contributed by atoms with Crippen LogP contribution in [0.2, 0.25) is 0 Å². The Hall–Kier alpha value is -1.31. The lowest BCUT2D eigenvalue weighted by atomic mass is 9.72. The first kappa shape index (κ1) is 24.8. The van der Waals surface area contributed by atoms with E-state index in [1.165, 1.54) is 81.8 Å². The molecule has 0 amide bonds. The number of methoxy groups -OCH3 is 1. The van der Waals surface area contributed by atoms with Gasteiger partial charge in [-0.15, -0.1) is 0 Å². The summed E-state index contributed by atoms with van der Waals surface area (Å²) >= 11 is 0. The minimum Gasteiger partial charge on any atom is -0.504 e. The van der Waals surface area contributed by atoms with Crippen molar-refractivity contribution in [2.45, 2.75) is 110 Å². The summed E-state index contributed by atoms with van der Waals surface area (Å²) in [7, 11) is 1.73. The molecular weight excluding hydrogens is 407 g/mol. The lowest BCUT2D eigenvalue weighted by molar-refractivity contribution is 0.195. The van der Waals surface area contributed by atoms with E-state index in [1.54, 1.807) is 7.11 Å². The molecule has 0 spiro atoms. The molecule has 33 heavy (non-hydrogen) atoms. The summed E-state index contributed by atoms with van der Waals surface area (Å²) < 4.78 is 20.5. The van der Waals surface area contributed by atoms with Crippen molar-refractivity contribution in [2.75, 3.05) is 7.11 Å². The Bertz CT molecular complexity index is 770. The number of rotatable bonds is 7. The maximum Gasteiger partial charge on any atom is 0.129 e. The molecule has 0 heterocycles. The number of allylic oxidation sites excluding steroid dienone is 1. The molecule has 184 valence electrons. The molecule has 0 aromatic heterocycles. The van der Waals surface area contributed by atoms with Gasteiger partial charge in [0.05, 0.1) is 13.4 Å². The van der Waals surface area contributed by atoms with E-state index in [9.17, 15) is 0 Å². The van der Waals surface area contributed by atoms with E-state index in [1.807, 2.05) is 13.2 Å². The highest BCUT2D eigenvalue weighted by molar-refractivity contribution is 5.34. The van der Waals surface area contributed by atoms with Crippen LogP contribution >= 0.6 is 0 Å². The third kappa shape index (κ3) is 6.86. The Balaban J connectivity index is 1.25. The van der Waals surface area contributed by atoms with Gasteiger partial charge in [-0.05, 0) is 117 Å². The van der Waals surface area contributed by atoms with Gasteiger partial charge in [-0.1, -0.05) is 57.6 Å². The maximum absolute atomic E-state index is 15.3. The van der Waals surface area contributed by atoms with Crippen LogP contribution in [0.5, 0.6) is 0 Å². The van der Waals surface area contributed by atoms with Gasteiger partial charge < -0.3 is 4.74 Å². The fourth-order valence-corrected chi connectivity index (χ4v) is 7.03. The average molecular weight is 455 g/mol. The van der Waals surface area contributed by atoms with E-state index < -0.39 is 0 Å². The van der Waals surface area contributed by atoms with Crippen molar-refractivity contribution in [2.24, 2.45) is 29.6 Å². The van der Waals surface area contributed by atoms with Gasteiger partial charge in [0.15, 0.2) is 0 Å². The first-order valence-corrected chi connectivity index (χ1v) is 14.0. The summed E-state index contributed by atoms with van der Waals surface area (Å²) in [5.74, 6) is 4.31. The molecular formula is C31H47FO. The molecule has 3 aliphatic carbocycles. The quantitative estimate of drug-likeness (QED) is 0.374. The second kappa shape index (κ2) is 11.9. The average Bonchev–Trinajstić information content (AvgIpc) is 2.83. The van der Waals surface area contributed by atoms with Crippen molar-refractivity contribution in [1.82, 2.24) is 0 Å². The summed E-state index contributed by atoms with van der Waals surface area (Å²) in [6, 6.07) is 4.36. The van der Waals surface area contributed by atoms with Gasteiger partial charge in [-0.2, -0.15) is 0 Å². The predicted molar refractivity (Wildman–Crippen MR) is 137 cm³/mol. The van der Waals surface area contributed by atoms with Crippen molar-refractivity contribution < 1.29 is 9.13 Å². The SMILES string of the molecule is COC=C1CCC(Cc2ccc(CC3CCC(CC4CCC(C)CC4)CC3)c(F)c2C)CC1. The van der Waals surface area contributed by atoms with Gasteiger partial charge in [-0.3, -0.25) is 0 Å². The van der Waals surface area contributed by atoms with Gasteiger partial charge >= 0.3 is 0 Å². The zero-order valence-corrected chi connectivity index (χ0v) is 21.5. The minimum absolute atomic E-state index is 0.0849. The van der Waals surface area contributed by atoms with Crippen molar-refractivity contribution >= 4 is 0 Å². The highest BCUT2D eigenvalue weighted by Gasteiger charge is 2.27. The molecule has 2 heteroatoms. The molecule has 0 aliphatic heterocycles. The maximum atomic E-state index is 15.3. The smallest absolute Gasteiger partial charge is 0.129 e. The second-order valence-corrected chi connectivity index (χ2v) is 11.9. The lowest BCUT2D eigenvalue weighted by Gasteiger charge is -2.33. The monoisotopic (exact) mass is 454 g/mol. The van der Waals surface area contributed by atoms with E-state index in [4.69, 9.17) is 4.74 Å². The molecule has 0 N–H and O–H groups in total. The molecule has 1 aromatic rings. The molecule has 3 saturated carbocycles. The standard InChI is InChI=1S/C31H47FO/c1-22-4-6-24(7-5-22)18-25-8-10-27(11-9-25)20-30-17-16-29(23(2)31(30)32)19-26-12-14-28(15-13-26)21-33-3/h16-17,21-22,24-27H,4-15,18-20H2,1-3H3. The van der Waals surface area contributed by atoms with Crippen LogP contribution in [0.4, 0.5) is 4.39 Å². The first-order valence-electron chi connectivity index (χ1n) is 14.0. The van der Waals surface area contributed by atoms with Gasteiger partial charge in [0.25, 0.3) is 0 Å². The van der Waals surface area contributed by atoms with E-state index in [0.29, 0.717) is 11.8 Å². The Morgan fingerprint density at radius 3 is 1.94 bits per heavy atom. The van der Waals surface area contributed by atoms with Crippen LogP contribution in [-0.4, -0.2) is 7.11 Å². The fourth-order valence-electron chi connectivity index (χ4n) is 7.03. The third-order valence-corrected chi connectivity index (χ3v) is 9.40. The number of halogens is 1. The number of hydrogen-bond acceptors (Lipinski definition) is 1. The van der Waals surface area contributed by atoms with E-state index >= 15 is 4.39 Å². The summed E-state index contributed by atoms with van der Waals surface area (Å²) in [6.45, 7) is 4.43. The topological polar surface area (TPSA) is 9.23 Å². The van der Waals surface area contributed by atoms with E-state index in [-0.39, 0.29) is 5.82 Å². The molecule has 1 nitrogen and oxygen atoms in total. The fraction of sp³-hybridized carbons (Fsp3) is 0.742. The van der Waals surface area contributed by atoms with Crippen molar-refractivity contribution in [3.63, 3.8) is 0 Å². The molecule has 0 unspecified atom stereocenters. The molecule has 3 aliphatic rings. The zero-order chi connectivity index (χ0) is 23.2. The molecule has 0 atom stereocenters. The Labute approximate surface area is 202 Å². The number of hydrogen-bond donors (Lipinski definition) is 0. The largest absolute Gasteiger partial charge is 0.504 e. The molecule has 1 aromatic carbocycles. The number of ether oxygens (including phenoxy) is 1. The van der Waals surface area contributed by atoms with Crippen LogP contribution in [-0.2, 0) is 17.6 Å². The molecule has 0 saturated heterocycles. The summed E-state index contributed by atoms with van der Waals surface area (Å²) in [5.41, 5.74) is 4.53. The molecule has 0 radical (unpaired) electrons. The summed E-state index contributed by atoms with van der Waals surface area (Å²) in [5, 5.41) is 0. The highest BCUT2D eigenvalue weighted by Crippen LogP contribution is 2.39. The molecule has 0 bridgehead atoms. The van der Waals surface area contributed by atoms with E-state index in [0.717, 1.165) is 54.6 Å². The number of benzene rings is 1. The molecule has 3 fully saturated rings. The van der Waals surface area contributed by atoms with Crippen LogP contribution in [0.25, 0.3) is 0 Å². The molecule has 4 rings (SSSR count). The first-order chi connectivity index (χ1) is 16.0. The van der Waals surface area contributed by atoms with Gasteiger partial charge in [0, 0.05) is 0 Å². The highest BCUT2D eigenvalue weighted by atomic mass is 19.1. The van der Waals surface area contributed by atoms with Crippen LogP contribution in [0.1, 0.15) is 107 Å². The van der Waals surface area contributed by atoms with Gasteiger partial charge in [0.1, 0.15) is 5.82 Å². The predicted octanol–water partition coefficient (Wildman–Crippen LogP) is 8.96. The van der Waals surface area contributed by atoms with Crippen LogP contribution in [0.3, 0.4) is 0 Å². The third-order valence-electron chi connectivity index (χ3n) is 9.40. The van der Waals surface area contributed by atoms with Crippen molar-refractivity contribution in [3.8, 4) is 0 Å². The normalized spacial score (nSPS) is 30.8. The Morgan fingerprint density at radius 2 is 1.30 bits per heavy atom. The van der Waals surface area contributed by atoms with Crippen LogP contribution in [0, 0.1) is 42.3 Å². The minimum atomic E-state index is 0.0849. The van der Waals surface area contributed by atoms with E-state index in [2.05, 4.69) is 19.1 Å². The van der Waals surface area contributed by atoms with Crippen molar-refractivity contribution in [1.29, 1.82) is 0 Å². The summed E-state index contributed by atoms with van der Waals surface area (Å²) in [6.07, 6.45) is 21.1. The second-order valence-electron chi connectivity index (χ2n) is 11.9. The lowest BCUT2D eigenvalue weighted by Crippen LogP contribution is -2.21. The van der Waals surface area contributed by atoms with Crippen molar-refractivity contribution in [3.05, 3.63) is 46.5 Å². The zero-order valence-electron chi connectivity index (χ0n) is 21.5. The Morgan fingerprint density at radius 1 is 0.788 bits per heavy atom. The summed E-state index contributed by atoms with van der Waals surface area (Å²) in [4.78, 5) is 0.